The van der Waals surface area contributed by atoms with E-state index in [2.05, 4.69) is 29.5 Å². The van der Waals surface area contributed by atoms with Crippen molar-refractivity contribution in [2.24, 2.45) is 0 Å². The van der Waals surface area contributed by atoms with Gasteiger partial charge in [-0.05, 0) is 55.7 Å². The van der Waals surface area contributed by atoms with E-state index >= 15 is 0 Å². The summed E-state index contributed by atoms with van der Waals surface area (Å²) in [6, 6.07) is 11.7. The lowest BCUT2D eigenvalue weighted by molar-refractivity contribution is 0.269. The van der Waals surface area contributed by atoms with Gasteiger partial charge in [0.05, 0.1) is 11.0 Å². The van der Waals surface area contributed by atoms with Crippen LogP contribution in [0, 0.1) is 13.8 Å². The van der Waals surface area contributed by atoms with Crippen molar-refractivity contribution < 1.29 is 9.84 Å². The minimum atomic E-state index is 0.136. The van der Waals surface area contributed by atoms with Crippen LogP contribution in [0.25, 0.3) is 11.0 Å². The van der Waals surface area contributed by atoms with Gasteiger partial charge in [0.2, 0.25) is 0 Å². The highest BCUT2D eigenvalue weighted by molar-refractivity contribution is 6.31. The van der Waals surface area contributed by atoms with Crippen LogP contribution in [0.15, 0.2) is 36.4 Å². The van der Waals surface area contributed by atoms with Crippen LogP contribution >= 0.6 is 11.6 Å². The zero-order valence-electron chi connectivity index (χ0n) is 13.9. The molecule has 1 heterocycles. The number of ether oxygens (including phenoxy) is 1. The molecule has 0 aliphatic carbocycles. The first-order valence-electron chi connectivity index (χ1n) is 8.04. The number of fused-ring (bicyclic) bond motifs is 1. The fraction of sp³-hybridized carbons (Fsp3) is 0.316. The zero-order chi connectivity index (χ0) is 17.1. The first-order valence-corrected chi connectivity index (χ1v) is 8.42. The zero-order valence-corrected chi connectivity index (χ0v) is 14.7. The lowest BCUT2D eigenvalue weighted by atomic mass is 10.1. The fourth-order valence-corrected chi connectivity index (χ4v) is 2.92. The molecule has 0 unspecified atom stereocenters. The number of rotatable bonds is 6. The maximum absolute atomic E-state index is 9.17. The molecule has 3 aromatic rings. The van der Waals surface area contributed by atoms with Crippen LogP contribution in [0.3, 0.4) is 0 Å². The third-order valence-corrected chi connectivity index (χ3v) is 4.48. The summed E-state index contributed by atoms with van der Waals surface area (Å²) in [5, 5.41) is 9.84. The van der Waals surface area contributed by atoms with E-state index < -0.39 is 0 Å². The molecule has 5 heteroatoms. The second kappa shape index (κ2) is 7.24. The van der Waals surface area contributed by atoms with Crippen molar-refractivity contribution in [2.45, 2.75) is 33.4 Å². The van der Waals surface area contributed by atoms with Crippen molar-refractivity contribution in [1.82, 2.24) is 9.55 Å². The normalized spacial score (nSPS) is 11.2. The molecule has 0 atom stereocenters. The highest BCUT2D eigenvalue weighted by Gasteiger charge is 2.12. The third kappa shape index (κ3) is 3.40. The van der Waals surface area contributed by atoms with E-state index in [9.17, 15) is 0 Å². The molecule has 1 aromatic heterocycles. The molecule has 0 spiro atoms. The molecule has 1 N–H and O–H groups in total. The van der Waals surface area contributed by atoms with Crippen molar-refractivity contribution in [3.63, 3.8) is 0 Å². The molecule has 3 rings (SSSR count). The third-order valence-electron chi connectivity index (χ3n) is 4.24. The predicted octanol–water partition coefficient (Wildman–Crippen LogP) is 4.27. The summed E-state index contributed by atoms with van der Waals surface area (Å²) in [4.78, 5) is 4.67. The lowest BCUT2D eigenvalue weighted by Gasteiger charge is -2.12. The lowest BCUT2D eigenvalue weighted by Crippen LogP contribution is -2.09. The molecular weight excluding hydrogens is 324 g/mol. The minimum absolute atomic E-state index is 0.136. The van der Waals surface area contributed by atoms with Gasteiger partial charge in [-0.1, -0.05) is 23.7 Å². The molecule has 0 saturated heterocycles. The molecule has 0 aliphatic heterocycles. The highest BCUT2D eigenvalue weighted by Crippen LogP contribution is 2.24. The smallest absolute Gasteiger partial charge is 0.148 e. The standard InChI is InChI=1S/C19H21ClN2O2/c1-13-5-3-6-18(14(13)2)24-12-19-21-16-8-7-15(20)11-17(16)22(19)9-4-10-23/h3,5-8,11,23H,4,9-10,12H2,1-2H3. The van der Waals surface area contributed by atoms with Crippen LogP contribution < -0.4 is 4.74 Å². The molecule has 0 amide bonds. The quantitative estimate of drug-likeness (QED) is 0.726. The van der Waals surface area contributed by atoms with Crippen molar-refractivity contribution in [3.8, 4) is 5.75 Å². The summed E-state index contributed by atoms with van der Waals surface area (Å²) < 4.78 is 8.08. The van der Waals surface area contributed by atoms with E-state index in [0.717, 1.165) is 28.2 Å². The Balaban J connectivity index is 1.91. The summed E-state index contributed by atoms with van der Waals surface area (Å²) in [7, 11) is 0. The van der Waals surface area contributed by atoms with E-state index in [-0.39, 0.29) is 6.61 Å². The molecule has 0 radical (unpaired) electrons. The monoisotopic (exact) mass is 344 g/mol. The Bertz CT molecular complexity index is 858. The number of hydrogen-bond acceptors (Lipinski definition) is 3. The average Bonchev–Trinajstić information content (AvgIpc) is 2.91. The average molecular weight is 345 g/mol. The highest BCUT2D eigenvalue weighted by atomic mass is 35.5. The van der Waals surface area contributed by atoms with Crippen LogP contribution in [-0.4, -0.2) is 21.3 Å². The first-order chi connectivity index (χ1) is 11.6. The first kappa shape index (κ1) is 16.8. The van der Waals surface area contributed by atoms with Crippen molar-refractivity contribution in [1.29, 1.82) is 0 Å². The second-order valence-corrected chi connectivity index (χ2v) is 6.31. The van der Waals surface area contributed by atoms with Crippen molar-refractivity contribution >= 4 is 22.6 Å². The molecule has 24 heavy (non-hydrogen) atoms. The number of aliphatic hydroxyl groups is 1. The maximum Gasteiger partial charge on any atom is 0.148 e. The summed E-state index contributed by atoms with van der Waals surface area (Å²) in [5.41, 5.74) is 4.19. The molecule has 0 aliphatic rings. The summed E-state index contributed by atoms with van der Waals surface area (Å²) in [6.45, 7) is 5.32. The van der Waals surface area contributed by atoms with E-state index in [1.54, 1.807) is 0 Å². The maximum atomic E-state index is 9.17. The van der Waals surface area contributed by atoms with Crippen molar-refractivity contribution in [3.05, 3.63) is 58.4 Å². The van der Waals surface area contributed by atoms with Gasteiger partial charge in [-0.15, -0.1) is 0 Å². The van der Waals surface area contributed by atoms with E-state index in [0.29, 0.717) is 24.6 Å². The van der Waals surface area contributed by atoms with Gasteiger partial charge in [-0.3, -0.25) is 0 Å². The largest absolute Gasteiger partial charge is 0.485 e. The molecule has 0 bridgehead atoms. The number of aryl methyl sites for hydroxylation is 2. The molecule has 0 fully saturated rings. The number of imidazole rings is 1. The van der Waals surface area contributed by atoms with Crippen LogP contribution in [0.2, 0.25) is 5.02 Å². The predicted molar refractivity (Wildman–Crippen MR) is 96.7 cm³/mol. The molecule has 2 aromatic carbocycles. The molecule has 0 saturated carbocycles. The van der Waals surface area contributed by atoms with Crippen LogP contribution in [-0.2, 0) is 13.2 Å². The molecular formula is C19H21ClN2O2. The Morgan fingerprint density at radius 1 is 1.21 bits per heavy atom. The number of halogens is 1. The van der Waals surface area contributed by atoms with E-state index in [1.807, 2.05) is 30.3 Å². The van der Waals surface area contributed by atoms with Gasteiger partial charge >= 0.3 is 0 Å². The van der Waals surface area contributed by atoms with Gasteiger partial charge in [-0.25, -0.2) is 4.98 Å². The topological polar surface area (TPSA) is 47.3 Å². The fourth-order valence-electron chi connectivity index (χ4n) is 2.76. The second-order valence-electron chi connectivity index (χ2n) is 5.88. The van der Waals surface area contributed by atoms with Gasteiger partial charge in [0, 0.05) is 18.2 Å². The number of hydrogen-bond donors (Lipinski definition) is 1. The SMILES string of the molecule is Cc1cccc(OCc2nc3ccc(Cl)cc3n2CCCO)c1C. The molecule has 4 nitrogen and oxygen atoms in total. The molecule has 126 valence electrons. The van der Waals surface area contributed by atoms with Gasteiger partial charge in [0.1, 0.15) is 18.2 Å². The van der Waals surface area contributed by atoms with E-state index in [1.165, 1.54) is 5.56 Å². The Kier molecular flexibility index (Phi) is 5.07. The van der Waals surface area contributed by atoms with E-state index in [4.69, 9.17) is 21.4 Å². The Hall–Kier alpha value is -2.04. The van der Waals surface area contributed by atoms with Gasteiger partial charge in [-0.2, -0.15) is 0 Å². The number of benzene rings is 2. The van der Waals surface area contributed by atoms with Crippen molar-refractivity contribution in [2.75, 3.05) is 6.61 Å². The Labute approximate surface area is 146 Å². The van der Waals surface area contributed by atoms with Crippen LogP contribution in [0.4, 0.5) is 0 Å². The van der Waals surface area contributed by atoms with Gasteiger partial charge in [0.25, 0.3) is 0 Å². The van der Waals surface area contributed by atoms with Crippen LogP contribution in [0.1, 0.15) is 23.4 Å². The van der Waals surface area contributed by atoms with Gasteiger partial charge in [0.15, 0.2) is 0 Å². The summed E-state index contributed by atoms with van der Waals surface area (Å²) in [6.07, 6.45) is 0.661. The Morgan fingerprint density at radius 2 is 2.04 bits per heavy atom. The summed E-state index contributed by atoms with van der Waals surface area (Å²) >= 11 is 6.12. The number of aromatic nitrogens is 2. The van der Waals surface area contributed by atoms with Gasteiger partial charge < -0.3 is 14.4 Å². The minimum Gasteiger partial charge on any atom is -0.485 e. The number of nitrogens with zero attached hydrogens (tertiary/aromatic N) is 2. The Morgan fingerprint density at radius 3 is 2.83 bits per heavy atom. The number of aliphatic hydroxyl groups excluding tert-OH is 1. The van der Waals surface area contributed by atoms with Crippen LogP contribution in [0.5, 0.6) is 5.75 Å². The summed E-state index contributed by atoms with van der Waals surface area (Å²) in [5.74, 6) is 1.70.